The van der Waals surface area contributed by atoms with Gasteiger partial charge in [0.1, 0.15) is 0 Å². The summed E-state index contributed by atoms with van der Waals surface area (Å²) in [6.45, 7) is 7.13. The van der Waals surface area contributed by atoms with Crippen LogP contribution in [0.4, 0.5) is 5.69 Å². The molecule has 1 N–H and O–H groups in total. The van der Waals surface area contributed by atoms with E-state index < -0.39 is 0 Å². The van der Waals surface area contributed by atoms with Crippen molar-refractivity contribution in [1.82, 2.24) is 0 Å². The molecule has 0 unspecified atom stereocenters. The minimum absolute atomic E-state index is 0.281. The molecule has 0 aliphatic rings. The summed E-state index contributed by atoms with van der Waals surface area (Å²) in [5, 5.41) is 2.81. The molecule has 2 aromatic carbocycles. The number of methoxy groups -OCH3 is 1. The Morgan fingerprint density at radius 3 is 2.31 bits per heavy atom. The monoisotopic (exact) mass is 399 g/mol. The van der Waals surface area contributed by atoms with Gasteiger partial charge in [0.25, 0.3) is 5.91 Å². The molecule has 0 spiro atoms. The number of carbonyl (C=O) groups is 2. The van der Waals surface area contributed by atoms with Crippen LogP contribution in [0.25, 0.3) is 0 Å². The van der Waals surface area contributed by atoms with Gasteiger partial charge in [0.2, 0.25) is 0 Å². The summed E-state index contributed by atoms with van der Waals surface area (Å²) in [5.74, 6) is 0.844. The number of hydrogen-bond donors (Lipinski definition) is 1. The zero-order valence-electron chi connectivity index (χ0n) is 17.5. The second kappa shape index (κ2) is 11.1. The van der Waals surface area contributed by atoms with Gasteiger partial charge in [-0.15, -0.1) is 0 Å². The van der Waals surface area contributed by atoms with E-state index in [9.17, 15) is 9.59 Å². The van der Waals surface area contributed by atoms with E-state index in [1.165, 1.54) is 7.11 Å². The highest BCUT2D eigenvalue weighted by Crippen LogP contribution is 2.29. The van der Waals surface area contributed by atoms with Crippen LogP contribution in [0.1, 0.15) is 54.3 Å². The Bertz CT molecular complexity index is 815. The summed E-state index contributed by atoms with van der Waals surface area (Å²) in [4.78, 5) is 24.5. The van der Waals surface area contributed by atoms with Crippen LogP contribution in [-0.4, -0.2) is 32.2 Å². The first-order chi connectivity index (χ1) is 13.9. The molecule has 0 aliphatic carbocycles. The fraction of sp³-hybridized carbons (Fsp3) is 0.391. The van der Waals surface area contributed by atoms with Crippen molar-refractivity contribution in [2.24, 2.45) is 5.92 Å². The maximum atomic E-state index is 12.6. The molecular formula is C23H29NO5. The number of rotatable bonds is 10. The summed E-state index contributed by atoms with van der Waals surface area (Å²) in [6.07, 6.45) is 1.80. The van der Waals surface area contributed by atoms with E-state index in [-0.39, 0.29) is 11.9 Å². The number of carbonyl (C=O) groups excluding carboxylic acids is 2. The third kappa shape index (κ3) is 6.82. The number of esters is 1. The second-order valence-corrected chi connectivity index (χ2v) is 7.09. The minimum Gasteiger partial charge on any atom is -0.493 e. The number of anilines is 1. The molecule has 0 bridgehead atoms. The van der Waals surface area contributed by atoms with Gasteiger partial charge in [0.15, 0.2) is 11.5 Å². The molecule has 6 heteroatoms. The van der Waals surface area contributed by atoms with E-state index in [0.29, 0.717) is 47.4 Å². The largest absolute Gasteiger partial charge is 0.493 e. The molecule has 1 amide bonds. The normalized spacial score (nSPS) is 10.5. The van der Waals surface area contributed by atoms with Crippen LogP contribution in [-0.2, 0) is 4.74 Å². The van der Waals surface area contributed by atoms with Crippen molar-refractivity contribution in [2.45, 2.75) is 33.6 Å². The number of ether oxygens (including phenoxy) is 3. The molecular weight excluding hydrogens is 370 g/mol. The van der Waals surface area contributed by atoms with Crippen molar-refractivity contribution in [2.75, 3.05) is 25.6 Å². The van der Waals surface area contributed by atoms with Gasteiger partial charge in [0.05, 0.1) is 25.9 Å². The lowest BCUT2D eigenvalue weighted by Gasteiger charge is -2.13. The van der Waals surface area contributed by atoms with E-state index in [1.807, 2.05) is 6.92 Å². The van der Waals surface area contributed by atoms with Gasteiger partial charge in [0, 0.05) is 11.3 Å². The Morgan fingerprint density at radius 2 is 1.69 bits per heavy atom. The van der Waals surface area contributed by atoms with Gasteiger partial charge in [-0.1, -0.05) is 27.2 Å². The lowest BCUT2D eigenvalue weighted by atomic mass is 10.1. The highest BCUT2D eigenvalue weighted by Gasteiger charge is 2.13. The van der Waals surface area contributed by atoms with Crippen LogP contribution in [0.2, 0.25) is 0 Å². The summed E-state index contributed by atoms with van der Waals surface area (Å²) in [7, 11) is 1.54. The van der Waals surface area contributed by atoms with Crippen molar-refractivity contribution in [1.29, 1.82) is 0 Å². The van der Waals surface area contributed by atoms with Gasteiger partial charge < -0.3 is 19.5 Å². The van der Waals surface area contributed by atoms with Crippen molar-refractivity contribution >= 4 is 17.6 Å². The standard InChI is InChI=1S/C23H29NO5/c1-5-6-13-28-23(26)17-7-10-19(11-8-17)24-22(25)18-9-12-20(21(14-18)27-4)29-15-16(2)3/h7-12,14,16H,5-6,13,15H2,1-4H3,(H,24,25). The number of unbranched alkanes of at least 4 members (excludes halogenated alkanes) is 1. The predicted octanol–water partition coefficient (Wildman–Crippen LogP) is 4.94. The molecule has 6 nitrogen and oxygen atoms in total. The average Bonchev–Trinajstić information content (AvgIpc) is 2.72. The molecule has 0 saturated carbocycles. The smallest absolute Gasteiger partial charge is 0.338 e. The molecule has 0 saturated heterocycles. The first-order valence-electron chi connectivity index (χ1n) is 9.84. The number of hydrogen-bond acceptors (Lipinski definition) is 5. The number of amides is 1. The predicted molar refractivity (Wildman–Crippen MR) is 113 cm³/mol. The summed E-state index contributed by atoms with van der Waals surface area (Å²) < 4.78 is 16.2. The van der Waals surface area contributed by atoms with E-state index in [4.69, 9.17) is 14.2 Å². The molecule has 0 aromatic heterocycles. The van der Waals surface area contributed by atoms with Crippen molar-refractivity contribution in [3.05, 3.63) is 53.6 Å². The topological polar surface area (TPSA) is 73.9 Å². The first-order valence-corrected chi connectivity index (χ1v) is 9.84. The highest BCUT2D eigenvalue weighted by atomic mass is 16.5. The molecule has 29 heavy (non-hydrogen) atoms. The summed E-state index contributed by atoms with van der Waals surface area (Å²) in [6, 6.07) is 11.7. The van der Waals surface area contributed by atoms with Gasteiger partial charge in [-0.2, -0.15) is 0 Å². The molecule has 2 aromatic rings. The Labute approximate surface area is 172 Å². The van der Waals surface area contributed by atoms with Crippen LogP contribution in [0.5, 0.6) is 11.5 Å². The number of benzene rings is 2. The molecule has 0 radical (unpaired) electrons. The maximum absolute atomic E-state index is 12.6. The Balaban J connectivity index is 2.01. The maximum Gasteiger partial charge on any atom is 0.338 e. The van der Waals surface area contributed by atoms with Crippen molar-refractivity contribution < 1.29 is 23.8 Å². The summed E-state index contributed by atoms with van der Waals surface area (Å²) in [5.41, 5.74) is 1.48. The molecule has 0 fully saturated rings. The Morgan fingerprint density at radius 1 is 1.00 bits per heavy atom. The fourth-order valence-electron chi connectivity index (χ4n) is 2.47. The SMILES string of the molecule is CCCCOC(=O)c1ccc(NC(=O)c2ccc(OCC(C)C)c(OC)c2)cc1. The van der Waals surface area contributed by atoms with E-state index >= 15 is 0 Å². The third-order valence-corrected chi connectivity index (χ3v) is 4.11. The lowest BCUT2D eigenvalue weighted by molar-refractivity contribution is 0.0499. The Kier molecular flexibility index (Phi) is 8.52. The van der Waals surface area contributed by atoms with Crippen LogP contribution in [0, 0.1) is 5.92 Å². The molecule has 156 valence electrons. The van der Waals surface area contributed by atoms with Crippen molar-refractivity contribution in [3.63, 3.8) is 0 Å². The van der Waals surface area contributed by atoms with E-state index in [1.54, 1.807) is 42.5 Å². The molecule has 0 aliphatic heterocycles. The van der Waals surface area contributed by atoms with E-state index in [2.05, 4.69) is 19.2 Å². The van der Waals surface area contributed by atoms with Crippen molar-refractivity contribution in [3.8, 4) is 11.5 Å². The van der Waals surface area contributed by atoms with Gasteiger partial charge in [-0.3, -0.25) is 4.79 Å². The molecule has 0 heterocycles. The van der Waals surface area contributed by atoms with Crippen LogP contribution in [0.15, 0.2) is 42.5 Å². The van der Waals surface area contributed by atoms with Gasteiger partial charge in [-0.05, 0) is 54.8 Å². The average molecular weight is 399 g/mol. The quantitative estimate of drug-likeness (QED) is 0.452. The van der Waals surface area contributed by atoms with Gasteiger partial charge >= 0.3 is 5.97 Å². The van der Waals surface area contributed by atoms with Crippen LogP contribution in [0.3, 0.4) is 0 Å². The van der Waals surface area contributed by atoms with Crippen LogP contribution < -0.4 is 14.8 Å². The zero-order valence-corrected chi connectivity index (χ0v) is 17.5. The van der Waals surface area contributed by atoms with E-state index in [0.717, 1.165) is 12.8 Å². The summed E-state index contributed by atoms with van der Waals surface area (Å²) >= 11 is 0. The lowest BCUT2D eigenvalue weighted by Crippen LogP contribution is -2.13. The second-order valence-electron chi connectivity index (χ2n) is 7.09. The number of nitrogens with one attached hydrogen (secondary N) is 1. The highest BCUT2D eigenvalue weighted by molar-refractivity contribution is 6.04. The molecule has 2 rings (SSSR count). The first kappa shape index (κ1) is 22.3. The third-order valence-electron chi connectivity index (χ3n) is 4.11. The minimum atomic E-state index is -0.363. The van der Waals surface area contributed by atoms with Crippen LogP contribution >= 0.6 is 0 Å². The Hall–Kier alpha value is -3.02. The zero-order chi connectivity index (χ0) is 21.2. The fourth-order valence-corrected chi connectivity index (χ4v) is 2.47. The molecule has 0 atom stereocenters. The van der Waals surface area contributed by atoms with Gasteiger partial charge in [-0.25, -0.2) is 4.79 Å².